The highest BCUT2D eigenvalue weighted by molar-refractivity contribution is 7.80. The summed E-state index contributed by atoms with van der Waals surface area (Å²) >= 11 is 5.02. The molecule has 1 aromatic rings. The van der Waals surface area contributed by atoms with Gasteiger partial charge in [-0.3, -0.25) is 0 Å². The van der Waals surface area contributed by atoms with Crippen LogP contribution in [-0.4, -0.2) is 37.0 Å². The summed E-state index contributed by atoms with van der Waals surface area (Å²) in [5, 5.41) is 13.5. The number of anilines is 1. The lowest BCUT2D eigenvalue weighted by molar-refractivity contribution is 0.196. The van der Waals surface area contributed by atoms with Crippen molar-refractivity contribution in [3.05, 3.63) is 18.2 Å². The largest absolute Gasteiger partial charge is 0.494 e. The topological polar surface area (TPSA) is 79.8 Å². The maximum atomic E-state index is 10.4. The molecule has 1 aromatic carbocycles. The van der Waals surface area contributed by atoms with Gasteiger partial charge in [0, 0.05) is 0 Å². The first-order valence-corrected chi connectivity index (χ1v) is 5.47. The van der Waals surface area contributed by atoms with Crippen LogP contribution >= 0.6 is 12.2 Å². The molecule has 1 amide bonds. The van der Waals surface area contributed by atoms with Gasteiger partial charge in [0.15, 0.2) is 0 Å². The zero-order chi connectivity index (χ0) is 13.5. The average Bonchev–Trinajstić information content (AvgIpc) is 2.36. The number of carboxylic acid groups (broad SMARTS) is 1. The summed E-state index contributed by atoms with van der Waals surface area (Å²) in [6.45, 7) is 0.0197. The Bertz CT molecular complexity index is 428. The second-order valence-corrected chi connectivity index (χ2v) is 3.74. The maximum Gasteiger partial charge on any atom is 0.405 e. The predicted octanol–water partition coefficient (Wildman–Crippen LogP) is 1.71. The van der Waals surface area contributed by atoms with Crippen LogP contribution in [0.1, 0.15) is 0 Å². The number of thiocarbonyl (C=S) groups is 1. The van der Waals surface area contributed by atoms with E-state index in [4.69, 9.17) is 26.8 Å². The Morgan fingerprint density at radius 1 is 1.33 bits per heavy atom. The van der Waals surface area contributed by atoms with Crippen LogP contribution in [0.3, 0.4) is 0 Å². The van der Waals surface area contributed by atoms with Gasteiger partial charge in [-0.2, -0.15) is 0 Å². The fraction of sp³-hybridized carbons (Fsp3) is 0.273. The van der Waals surface area contributed by atoms with Gasteiger partial charge in [-0.05, 0) is 12.1 Å². The summed E-state index contributed by atoms with van der Waals surface area (Å²) in [7, 11) is 3.05. The van der Waals surface area contributed by atoms with Crippen LogP contribution in [0.25, 0.3) is 0 Å². The van der Waals surface area contributed by atoms with Crippen LogP contribution in [0.2, 0.25) is 0 Å². The first-order chi connectivity index (χ1) is 8.58. The predicted molar refractivity (Wildman–Crippen MR) is 71.8 cm³/mol. The van der Waals surface area contributed by atoms with Crippen LogP contribution < -0.4 is 20.1 Å². The van der Waals surface area contributed by atoms with E-state index in [0.29, 0.717) is 22.2 Å². The molecule has 0 unspecified atom stereocenters. The first kappa shape index (κ1) is 14.0. The minimum absolute atomic E-state index is 0.0197. The Morgan fingerprint density at radius 3 is 2.33 bits per heavy atom. The number of rotatable bonds is 5. The van der Waals surface area contributed by atoms with Crippen LogP contribution in [0.5, 0.6) is 11.5 Å². The van der Waals surface area contributed by atoms with Crippen molar-refractivity contribution < 1.29 is 19.4 Å². The molecule has 0 heterocycles. The Kier molecular flexibility index (Phi) is 5.19. The molecule has 6 nitrogen and oxygen atoms in total. The summed E-state index contributed by atoms with van der Waals surface area (Å²) in [5.41, 5.74) is 0.569. The highest BCUT2D eigenvalue weighted by atomic mass is 32.1. The van der Waals surface area contributed by atoms with Gasteiger partial charge in [-0.25, -0.2) is 4.79 Å². The monoisotopic (exact) mass is 270 g/mol. The molecule has 0 bridgehead atoms. The van der Waals surface area contributed by atoms with E-state index in [1.54, 1.807) is 18.2 Å². The number of carbonyl (C=O) groups is 1. The maximum absolute atomic E-state index is 10.4. The van der Waals surface area contributed by atoms with Gasteiger partial charge in [0.1, 0.15) is 17.2 Å². The molecule has 3 N–H and O–H groups in total. The first-order valence-electron chi connectivity index (χ1n) is 5.06. The number of para-hydroxylation sites is 1. The Hall–Kier alpha value is -2.02. The molecule has 0 aliphatic heterocycles. The highest BCUT2D eigenvalue weighted by Gasteiger charge is 2.11. The molecule has 0 saturated carbocycles. The van der Waals surface area contributed by atoms with Gasteiger partial charge in [-0.15, -0.1) is 0 Å². The van der Waals surface area contributed by atoms with Crippen LogP contribution in [-0.2, 0) is 0 Å². The molecular weight excluding hydrogens is 256 g/mol. The highest BCUT2D eigenvalue weighted by Crippen LogP contribution is 2.33. The number of ether oxygens (including phenoxy) is 2. The minimum atomic E-state index is -1.13. The van der Waals surface area contributed by atoms with Crippen LogP contribution in [0.15, 0.2) is 18.2 Å². The van der Waals surface area contributed by atoms with E-state index in [-0.39, 0.29) is 6.54 Å². The zero-order valence-corrected chi connectivity index (χ0v) is 10.8. The quantitative estimate of drug-likeness (QED) is 0.707. The number of nitrogens with one attached hydrogen (secondary N) is 2. The molecule has 0 atom stereocenters. The summed E-state index contributed by atoms with van der Waals surface area (Å²) in [5.74, 6) is 1.12. The van der Waals surface area contributed by atoms with E-state index in [0.717, 1.165) is 0 Å². The van der Waals surface area contributed by atoms with Gasteiger partial charge in [-0.1, -0.05) is 18.3 Å². The molecule has 1 rings (SSSR count). The smallest absolute Gasteiger partial charge is 0.405 e. The van der Waals surface area contributed by atoms with E-state index < -0.39 is 6.09 Å². The second-order valence-electron chi connectivity index (χ2n) is 3.24. The number of methoxy groups -OCH3 is 2. The fourth-order valence-corrected chi connectivity index (χ4v) is 1.49. The zero-order valence-electron chi connectivity index (χ0n) is 10.0. The van der Waals surface area contributed by atoms with Gasteiger partial charge < -0.3 is 25.2 Å². The van der Waals surface area contributed by atoms with E-state index in [9.17, 15) is 4.79 Å². The van der Waals surface area contributed by atoms with Crippen molar-refractivity contribution in [2.24, 2.45) is 0 Å². The third kappa shape index (κ3) is 3.77. The third-order valence-corrected chi connectivity index (χ3v) is 2.34. The number of hydrogen-bond donors (Lipinski definition) is 3. The molecule has 0 fully saturated rings. The normalized spacial score (nSPS) is 9.44. The average molecular weight is 270 g/mol. The Morgan fingerprint density at radius 2 is 1.89 bits per heavy atom. The van der Waals surface area contributed by atoms with Crippen molar-refractivity contribution in [2.45, 2.75) is 0 Å². The minimum Gasteiger partial charge on any atom is -0.494 e. The van der Waals surface area contributed by atoms with E-state index in [1.807, 2.05) is 0 Å². The molecule has 0 radical (unpaired) electrons. The van der Waals surface area contributed by atoms with Gasteiger partial charge in [0.25, 0.3) is 0 Å². The SMILES string of the molecule is COc1cccc(OC)c1NC(=S)CNC(=O)O. The van der Waals surface area contributed by atoms with Gasteiger partial charge in [0.05, 0.1) is 25.8 Å². The molecule has 0 spiro atoms. The molecule has 0 aromatic heterocycles. The van der Waals surface area contributed by atoms with Crippen LogP contribution in [0.4, 0.5) is 10.5 Å². The van der Waals surface area contributed by atoms with E-state index >= 15 is 0 Å². The van der Waals surface area contributed by atoms with Crippen molar-refractivity contribution in [3.63, 3.8) is 0 Å². The lowest BCUT2D eigenvalue weighted by atomic mass is 10.2. The summed E-state index contributed by atoms with van der Waals surface area (Å²) in [6, 6.07) is 5.28. The van der Waals surface area contributed by atoms with Crippen molar-refractivity contribution >= 4 is 29.0 Å². The lowest BCUT2D eigenvalue weighted by Gasteiger charge is -2.15. The Labute approximate surface area is 110 Å². The van der Waals surface area contributed by atoms with Crippen LogP contribution in [0, 0.1) is 0 Å². The molecule has 18 heavy (non-hydrogen) atoms. The summed E-state index contributed by atoms with van der Waals surface area (Å²) in [6.07, 6.45) is -1.13. The van der Waals surface area contributed by atoms with Crippen molar-refractivity contribution in [2.75, 3.05) is 26.1 Å². The van der Waals surface area contributed by atoms with Gasteiger partial charge >= 0.3 is 6.09 Å². The molecule has 0 aliphatic carbocycles. The molecule has 0 saturated heterocycles. The number of benzene rings is 1. The standard InChI is InChI=1S/C11H14N2O4S/c1-16-7-4-3-5-8(17-2)10(7)13-9(18)6-12-11(14)15/h3-5,12H,6H2,1-2H3,(H,13,18)(H,14,15). The number of hydrogen-bond acceptors (Lipinski definition) is 4. The van der Waals surface area contributed by atoms with E-state index in [2.05, 4.69) is 10.6 Å². The van der Waals surface area contributed by atoms with Gasteiger partial charge in [0.2, 0.25) is 0 Å². The summed E-state index contributed by atoms with van der Waals surface area (Å²) in [4.78, 5) is 10.7. The van der Waals surface area contributed by atoms with E-state index in [1.165, 1.54) is 14.2 Å². The fourth-order valence-electron chi connectivity index (χ4n) is 1.31. The molecule has 0 aliphatic rings. The second kappa shape index (κ2) is 6.65. The third-order valence-electron chi connectivity index (χ3n) is 2.09. The summed E-state index contributed by atoms with van der Waals surface area (Å²) < 4.78 is 10.4. The molecular formula is C11H14N2O4S. The van der Waals surface area contributed by atoms with Crippen molar-refractivity contribution in [1.29, 1.82) is 0 Å². The lowest BCUT2D eigenvalue weighted by Crippen LogP contribution is -2.30. The Balaban J connectivity index is 2.82. The molecule has 7 heteroatoms. The van der Waals surface area contributed by atoms with Crippen molar-refractivity contribution in [3.8, 4) is 11.5 Å². The molecule has 98 valence electrons. The van der Waals surface area contributed by atoms with Crippen molar-refractivity contribution in [1.82, 2.24) is 5.32 Å². The number of amides is 1.